The second kappa shape index (κ2) is 7.71. The van der Waals surface area contributed by atoms with Gasteiger partial charge in [-0.3, -0.25) is 4.90 Å². The van der Waals surface area contributed by atoms with Gasteiger partial charge in [0, 0.05) is 23.8 Å². The minimum atomic E-state index is 0.123. The number of carbonyl (C=O) groups excluding carboxylic acids is 1. The number of nitrogen functional groups attached to an aromatic ring is 1. The summed E-state index contributed by atoms with van der Waals surface area (Å²) in [6.07, 6.45) is 10.4. The number of nitrogens with two attached hydrogens (primary N) is 1. The first kappa shape index (κ1) is 17.5. The minimum Gasteiger partial charge on any atom is -0.398 e. The Kier molecular flexibility index (Phi) is 5.62. The predicted molar refractivity (Wildman–Crippen MR) is 101 cm³/mol. The van der Waals surface area contributed by atoms with Crippen molar-refractivity contribution < 1.29 is 4.79 Å². The topological polar surface area (TPSA) is 46.3 Å². The molecule has 2 fully saturated rings. The molecule has 0 bridgehead atoms. The Bertz CT molecular complexity index is 625. The van der Waals surface area contributed by atoms with E-state index in [9.17, 15) is 4.79 Å². The molecule has 2 aliphatic rings. The minimum absolute atomic E-state index is 0.123. The molecule has 2 N–H and O–H groups in total. The van der Waals surface area contributed by atoms with Crippen LogP contribution in [0.1, 0.15) is 49.7 Å². The zero-order chi connectivity index (χ0) is 17.1. The highest BCUT2D eigenvalue weighted by Gasteiger charge is 2.30. The van der Waals surface area contributed by atoms with Gasteiger partial charge >= 0.3 is 0 Å². The van der Waals surface area contributed by atoms with E-state index in [1.807, 2.05) is 13.0 Å². The van der Waals surface area contributed by atoms with Crippen LogP contribution in [0.5, 0.6) is 0 Å². The van der Waals surface area contributed by atoms with Crippen molar-refractivity contribution >= 4 is 29.7 Å². The molecule has 3 rings (SSSR count). The van der Waals surface area contributed by atoms with Crippen molar-refractivity contribution in [2.24, 2.45) is 5.92 Å². The Hall–Kier alpha value is -1.32. The molecule has 1 aliphatic carbocycles. The largest absolute Gasteiger partial charge is 0.398 e. The maximum atomic E-state index is 11.6. The lowest BCUT2D eigenvalue weighted by Crippen LogP contribution is -2.44. The van der Waals surface area contributed by atoms with Crippen molar-refractivity contribution in [3.63, 3.8) is 0 Å². The van der Waals surface area contributed by atoms with Gasteiger partial charge in [0.25, 0.3) is 0 Å². The third-order valence-electron chi connectivity index (χ3n) is 5.70. The molecule has 0 spiro atoms. The highest BCUT2D eigenvalue weighted by molar-refractivity contribution is 6.31. The molecule has 130 valence electrons. The van der Waals surface area contributed by atoms with Crippen LogP contribution in [0.4, 0.5) is 5.69 Å². The van der Waals surface area contributed by atoms with E-state index in [1.165, 1.54) is 37.5 Å². The number of likely N-dealkylation sites (tertiary alicyclic amines) is 1. The zero-order valence-corrected chi connectivity index (χ0v) is 15.2. The number of benzene rings is 1. The van der Waals surface area contributed by atoms with E-state index in [4.69, 9.17) is 17.3 Å². The van der Waals surface area contributed by atoms with Crippen molar-refractivity contribution in [2.75, 3.05) is 18.8 Å². The van der Waals surface area contributed by atoms with Crippen LogP contribution in [-0.2, 0) is 4.79 Å². The van der Waals surface area contributed by atoms with Crippen LogP contribution in [0, 0.1) is 12.8 Å². The molecular weight excluding hydrogens is 320 g/mol. The quantitative estimate of drug-likeness (QED) is 0.646. The first-order chi connectivity index (χ1) is 11.6. The van der Waals surface area contributed by atoms with Crippen molar-refractivity contribution in [1.82, 2.24) is 4.90 Å². The van der Waals surface area contributed by atoms with Gasteiger partial charge in [-0.15, -0.1) is 0 Å². The second-order valence-corrected chi connectivity index (χ2v) is 7.66. The lowest BCUT2D eigenvalue weighted by molar-refractivity contribution is -0.114. The molecule has 1 aromatic rings. The molecule has 4 heteroatoms. The predicted octanol–water partition coefficient (Wildman–Crippen LogP) is 4.47. The lowest BCUT2D eigenvalue weighted by Gasteiger charge is -2.35. The molecule has 24 heavy (non-hydrogen) atoms. The van der Waals surface area contributed by atoms with Crippen LogP contribution < -0.4 is 5.73 Å². The van der Waals surface area contributed by atoms with Gasteiger partial charge in [-0.05, 0) is 61.8 Å². The fourth-order valence-electron chi connectivity index (χ4n) is 4.14. The van der Waals surface area contributed by atoms with Crippen LogP contribution >= 0.6 is 11.6 Å². The van der Waals surface area contributed by atoms with E-state index >= 15 is 0 Å². The number of halogens is 1. The Labute approximate surface area is 149 Å². The fraction of sp³-hybridized carbons (Fsp3) is 0.550. The van der Waals surface area contributed by atoms with Crippen molar-refractivity contribution in [1.29, 1.82) is 0 Å². The maximum absolute atomic E-state index is 11.6. The van der Waals surface area contributed by atoms with E-state index in [0.29, 0.717) is 10.9 Å². The third-order valence-corrected chi connectivity index (χ3v) is 5.91. The molecule has 1 atom stereocenters. The summed E-state index contributed by atoms with van der Waals surface area (Å²) in [4.78, 5) is 14.0. The van der Waals surface area contributed by atoms with Gasteiger partial charge in [0.15, 0.2) is 0 Å². The Morgan fingerprint density at radius 1 is 1.25 bits per heavy atom. The Morgan fingerprint density at radius 3 is 2.54 bits per heavy atom. The Balaban J connectivity index is 1.67. The van der Waals surface area contributed by atoms with Gasteiger partial charge in [-0.25, -0.2) is 0 Å². The maximum Gasteiger partial charge on any atom is 0.137 e. The van der Waals surface area contributed by atoms with Gasteiger partial charge in [-0.1, -0.05) is 36.1 Å². The Morgan fingerprint density at radius 2 is 1.92 bits per heavy atom. The SMILES string of the molecule is Cc1c(N)cc(Cl)cc1C=C1CCN(C(C=O)C2CCCC2)CC1. The summed E-state index contributed by atoms with van der Waals surface area (Å²) in [5.41, 5.74) is 10.4. The van der Waals surface area contributed by atoms with Crippen LogP contribution in [0.3, 0.4) is 0 Å². The standard InChI is InChI=1S/C20H27ClN2O/c1-14-17(11-18(21)12-19(14)22)10-15-6-8-23(9-7-15)20(13-24)16-4-2-3-5-16/h10-13,16,20H,2-9,22H2,1H3. The number of aldehydes is 1. The zero-order valence-electron chi connectivity index (χ0n) is 14.4. The molecule has 0 aromatic heterocycles. The first-order valence-corrected chi connectivity index (χ1v) is 9.40. The second-order valence-electron chi connectivity index (χ2n) is 7.22. The van der Waals surface area contributed by atoms with Crippen molar-refractivity contribution in [3.8, 4) is 0 Å². The summed E-state index contributed by atoms with van der Waals surface area (Å²) < 4.78 is 0. The van der Waals surface area contributed by atoms with E-state index in [2.05, 4.69) is 11.0 Å². The van der Waals surface area contributed by atoms with Gasteiger partial charge in [0.05, 0.1) is 6.04 Å². The molecule has 1 heterocycles. The summed E-state index contributed by atoms with van der Waals surface area (Å²) in [6.45, 7) is 3.98. The number of carbonyl (C=O) groups is 1. The van der Waals surface area contributed by atoms with E-state index in [-0.39, 0.29) is 6.04 Å². The molecule has 1 unspecified atom stereocenters. The summed E-state index contributed by atoms with van der Waals surface area (Å²) in [5, 5.41) is 0.685. The van der Waals surface area contributed by atoms with Crippen molar-refractivity contribution in [3.05, 3.63) is 33.9 Å². The number of anilines is 1. The van der Waals surface area contributed by atoms with Crippen LogP contribution in [0.25, 0.3) is 6.08 Å². The normalized spacial score (nSPS) is 21.0. The molecule has 1 aromatic carbocycles. The van der Waals surface area contributed by atoms with Gasteiger partial charge in [0.1, 0.15) is 6.29 Å². The number of hydrogen-bond donors (Lipinski definition) is 1. The summed E-state index contributed by atoms with van der Waals surface area (Å²) in [7, 11) is 0. The first-order valence-electron chi connectivity index (χ1n) is 9.03. The number of piperidine rings is 1. The third kappa shape index (κ3) is 3.84. The molecule has 3 nitrogen and oxygen atoms in total. The molecule has 1 aliphatic heterocycles. The number of hydrogen-bond acceptors (Lipinski definition) is 3. The van der Waals surface area contributed by atoms with Crippen LogP contribution in [0.15, 0.2) is 17.7 Å². The summed E-state index contributed by atoms with van der Waals surface area (Å²) in [5.74, 6) is 0.572. The number of rotatable bonds is 4. The van der Waals surface area contributed by atoms with Gasteiger partial charge < -0.3 is 10.5 Å². The van der Waals surface area contributed by atoms with Gasteiger partial charge in [0.2, 0.25) is 0 Å². The number of nitrogens with zero attached hydrogens (tertiary/aromatic N) is 1. The summed E-state index contributed by atoms with van der Waals surface area (Å²) in [6, 6.07) is 3.91. The molecule has 0 radical (unpaired) electrons. The van der Waals surface area contributed by atoms with E-state index < -0.39 is 0 Å². The molecular formula is C20H27ClN2O. The average Bonchev–Trinajstić information content (AvgIpc) is 3.08. The highest BCUT2D eigenvalue weighted by atomic mass is 35.5. The lowest BCUT2D eigenvalue weighted by atomic mass is 9.93. The monoisotopic (exact) mass is 346 g/mol. The average molecular weight is 347 g/mol. The fourth-order valence-corrected chi connectivity index (χ4v) is 4.37. The molecule has 1 saturated heterocycles. The van der Waals surface area contributed by atoms with Crippen LogP contribution in [0.2, 0.25) is 5.02 Å². The highest BCUT2D eigenvalue weighted by Crippen LogP contribution is 2.32. The smallest absolute Gasteiger partial charge is 0.137 e. The van der Waals surface area contributed by atoms with Crippen LogP contribution in [-0.4, -0.2) is 30.3 Å². The van der Waals surface area contributed by atoms with Gasteiger partial charge in [-0.2, -0.15) is 0 Å². The van der Waals surface area contributed by atoms with E-state index in [0.717, 1.165) is 42.7 Å². The van der Waals surface area contributed by atoms with E-state index in [1.54, 1.807) is 6.07 Å². The molecule has 0 amide bonds. The molecule has 1 saturated carbocycles. The summed E-state index contributed by atoms with van der Waals surface area (Å²) >= 11 is 6.14. The van der Waals surface area contributed by atoms with Crippen molar-refractivity contribution in [2.45, 2.75) is 51.5 Å².